The van der Waals surface area contributed by atoms with Crippen LogP contribution in [0.5, 0.6) is 11.5 Å². The third-order valence-corrected chi connectivity index (χ3v) is 1.56. The van der Waals surface area contributed by atoms with Gasteiger partial charge in [-0.2, -0.15) is 0 Å². The van der Waals surface area contributed by atoms with Crippen molar-refractivity contribution in [2.24, 2.45) is 0 Å². The summed E-state index contributed by atoms with van der Waals surface area (Å²) in [6.45, 7) is -0.454. The summed E-state index contributed by atoms with van der Waals surface area (Å²) in [5, 5.41) is 17.4. The lowest BCUT2D eigenvalue weighted by molar-refractivity contribution is -0.139. The first-order valence-corrected chi connectivity index (χ1v) is 3.80. The molecule has 0 aliphatic carbocycles. The van der Waals surface area contributed by atoms with Crippen molar-refractivity contribution in [3.05, 3.63) is 23.2 Å². The molecule has 1 aromatic rings. The van der Waals surface area contributed by atoms with Gasteiger partial charge in [0.2, 0.25) is 0 Å². The Morgan fingerprint density at radius 2 is 2.23 bits per heavy atom. The second-order valence-electron chi connectivity index (χ2n) is 2.30. The molecule has 0 unspecified atom stereocenters. The fourth-order valence-electron chi connectivity index (χ4n) is 0.746. The summed E-state index contributed by atoms with van der Waals surface area (Å²) in [4.78, 5) is 10.1. The van der Waals surface area contributed by atoms with Crippen molar-refractivity contribution in [3.8, 4) is 11.5 Å². The molecule has 1 rings (SSSR count). The Balaban J connectivity index is 2.72. The predicted octanol–water partition coefficient (Wildman–Crippen LogP) is 1.51. The Labute approximate surface area is 79.3 Å². The molecule has 0 radical (unpaired) electrons. The fourth-order valence-corrected chi connectivity index (χ4v) is 0.976. The molecule has 0 heterocycles. The number of phenols is 1. The quantitative estimate of drug-likeness (QED) is 0.780. The van der Waals surface area contributed by atoms with E-state index in [-0.39, 0.29) is 16.5 Å². The lowest BCUT2D eigenvalue weighted by Crippen LogP contribution is -2.09. The van der Waals surface area contributed by atoms with Crippen LogP contribution in [0.15, 0.2) is 18.2 Å². The number of aliphatic carboxylic acids is 1. The number of carbonyl (C=O) groups is 1. The van der Waals surface area contributed by atoms with Crippen LogP contribution in [0.25, 0.3) is 0 Å². The number of benzene rings is 1. The van der Waals surface area contributed by atoms with Gasteiger partial charge in [-0.25, -0.2) is 4.79 Å². The normalized spacial score (nSPS) is 9.62. The zero-order valence-electron chi connectivity index (χ0n) is 6.53. The van der Waals surface area contributed by atoms with Crippen LogP contribution in [0.3, 0.4) is 0 Å². The molecule has 0 amide bonds. The molecule has 0 aromatic heterocycles. The van der Waals surface area contributed by atoms with E-state index < -0.39 is 12.6 Å². The summed E-state index contributed by atoms with van der Waals surface area (Å²) in [7, 11) is 0. The predicted molar refractivity (Wildman–Crippen MR) is 46.2 cm³/mol. The van der Waals surface area contributed by atoms with Gasteiger partial charge < -0.3 is 14.9 Å². The molecule has 0 fully saturated rings. The number of carboxylic acid groups (broad SMARTS) is 1. The monoisotopic (exact) mass is 202 g/mol. The fraction of sp³-hybridized carbons (Fsp3) is 0.125. The van der Waals surface area contributed by atoms with Gasteiger partial charge >= 0.3 is 5.97 Å². The van der Waals surface area contributed by atoms with Crippen molar-refractivity contribution in [2.75, 3.05) is 6.61 Å². The van der Waals surface area contributed by atoms with E-state index in [4.69, 9.17) is 26.6 Å². The zero-order valence-corrected chi connectivity index (χ0v) is 7.28. The van der Waals surface area contributed by atoms with Crippen molar-refractivity contribution in [1.29, 1.82) is 0 Å². The summed E-state index contributed by atoms with van der Waals surface area (Å²) in [6, 6.07) is 4.04. The first-order chi connectivity index (χ1) is 6.09. The highest BCUT2D eigenvalue weighted by Crippen LogP contribution is 2.27. The van der Waals surface area contributed by atoms with E-state index in [1.807, 2.05) is 0 Å². The zero-order chi connectivity index (χ0) is 9.84. The van der Waals surface area contributed by atoms with E-state index in [9.17, 15) is 4.79 Å². The molecule has 0 saturated carbocycles. The van der Waals surface area contributed by atoms with Gasteiger partial charge in [0.15, 0.2) is 6.61 Å². The molecule has 13 heavy (non-hydrogen) atoms. The van der Waals surface area contributed by atoms with Gasteiger partial charge in [-0.15, -0.1) is 0 Å². The number of hydrogen-bond acceptors (Lipinski definition) is 3. The van der Waals surface area contributed by atoms with E-state index in [0.717, 1.165) is 0 Å². The van der Waals surface area contributed by atoms with Crippen LogP contribution in [0.4, 0.5) is 0 Å². The molecule has 0 atom stereocenters. The number of halogens is 1. The maximum absolute atomic E-state index is 10.1. The Morgan fingerprint density at radius 1 is 1.54 bits per heavy atom. The van der Waals surface area contributed by atoms with E-state index in [0.29, 0.717) is 0 Å². The summed E-state index contributed by atoms with van der Waals surface area (Å²) in [5.41, 5.74) is 0. The molecular formula is C8H7ClO4. The molecule has 1 aromatic carbocycles. The van der Waals surface area contributed by atoms with Crippen molar-refractivity contribution < 1.29 is 19.7 Å². The molecule has 0 aliphatic rings. The molecule has 4 nitrogen and oxygen atoms in total. The highest BCUT2D eigenvalue weighted by molar-refractivity contribution is 6.32. The first kappa shape index (κ1) is 9.67. The molecular weight excluding hydrogens is 196 g/mol. The minimum absolute atomic E-state index is 0.00711. The summed E-state index contributed by atoms with van der Waals surface area (Å²) in [6.07, 6.45) is 0. The minimum Gasteiger partial charge on any atom is -0.508 e. The second-order valence-corrected chi connectivity index (χ2v) is 2.70. The van der Waals surface area contributed by atoms with Crippen molar-refractivity contribution in [3.63, 3.8) is 0 Å². The SMILES string of the molecule is O=C(O)COc1ccc(O)cc1Cl. The number of aromatic hydroxyl groups is 1. The Bertz CT molecular complexity index is 324. The van der Waals surface area contributed by atoms with Crippen LogP contribution in [0, 0.1) is 0 Å². The van der Waals surface area contributed by atoms with Gasteiger partial charge in [-0.3, -0.25) is 0 Å². The lowest BCUT2D eigenvalue weighted by atomic mass is 10.3. The highest BCUT2D eigenvalue weighted by Gasteiger charge is 2.04. The van der Waals surface area contributed by atoms with Crippen molar-refractivity contribution >= 4 is 17.6 Å². The van der Waals surface area contributed by atoms with Crippen LogP contribution in [-0.2, 0) is 4.79 Å². The van der Waals surface area contributed by atoms with Crippen LogP contribution >= 0.6 is 11.6 Å². The third-order valence-electron chi connectivity index (χ3n) is 1.27. The Kier molecular flexibility index (Phi) is 2.97. The van der Waals surface area contributed by atoms with Crippen LogP contribution < -0.4 is 4.74 Å². The minimum atomic E-state index is -1.08. The average Bonchev–Trinajstić information content (AvgIpc) is 2.02. The first-order valence-electron chi connectivity index (χ1n) is 3.42. The molecule has 0 bridgehead atoms. The van der Waals surface area contributed by atoms with Crippen LogP contribution in [0.1, 0.15) is 0 Å². The molecule has 0 spiro atoms. The van der Waals surface area contributed by atoms with Gasteiger partial charge in [0.1, 0.15) is 11.5 Å². The number of phenolic OH excluding ortho intramolecular Hbond substituents is 1. The Hall–Kier alpha value is -1.42. The molecule has 0 saturated heterocycles. The molecule has 2 N–H and O–H groups in total. The van der Waals surface area contributed by atoms with Crippen molar-refractivity contribution in [1.82, 2.24) is 0 Å². The molecule has 70 valence electrons. The van der Waals surface area contributed by atoms with E-state index >= 15 is 0 Å². The number of carboxylic acids is 1. The number of rotatable bonds is 3. The van der Waals surface area contributed by atoms with E-state index in [1.165, 1.54) is 18.2 Å². The van der Waals surface area contributed by atoms with Gasteiger partial charge in [0.25, 0.3) is 0 Å². The smallest absolute Gasteiger partial charge is 0.341 e. The van der Waals surface area contributed by atoms with Crippen molar-refractivity contribution in [2.45, 2.75) is 0 Å². The second kappa shape index (κ2) is 4.00. The third kappa shape index (κ3) is 2.83. The number of ether oxygens (including phenoxy) is 1. The van der Waals surface area contributed by atoms with Crippen LogP contribution in [0.2, 0.25) is 5.02 Å². The standard InChI is InChI=1S/C8H7ClO4/c9-6-3-5(10)1-2-7(6)13-4-8(11)12/h1-3,10H,4H2,(H,11,12). The Morgan fingerprint density at radius 3 is 2.77 bits per heavy atom. The number of hydrogen-bond donors (Lipinski definition) is 2. The molecule has 0 aliphatic heterocycles. The van der Waals surface area contributed by atoms with Gasteiger partial charge in [-0.05, 0) is 12.1 Å². The van der Waals surface area contributed by atoms with E-state index in [2.05, 4.69) is 0 Å². The van der Waals surface area contributed by atoms with Gasteiger partial charge in [0.05, 0.1) is 5.02 Å². The highest BCUT2D eigenvalue weighted by atomic mass is 35.5. The maximum atomic E-state index is 10.1. The van der Waals surface area contributed by atoms with E-state index in [1.54, 1.807) is 0 Å². The summed E-state index contributed by atoms with van der Waals surface area (Å²) < 4.78 is 4.81. The lowest BCUT2D eigenvalue weighted by Gasteiger charge is -2.04. The van der Waals surface area contributed by atoms with Gasteiger partial charge in [0, 0.05) is 6.07 Å². The largest absolute Gasteiger partial charge is 0.508 e. The van der Waals surface area contributed by atoms with Gasteiger partial charge in [-0.1, -0.05) is 11.6 Å². The molecule has 5 heteroatoms. The summed E-state index contributed by atoms with van der Waals surface area (Å²) >= 11 is 5.64. The average molecular weight is 203 g/mol. The topological polar surface area (TPSA) is 66.8 Å². The maximum Gasteiger partial charge on any atom is 0.341 e. The summed E-state index contributed by atoms with van der Waals surface area (Å²) in [5.74, 6) is -0.835. The van der Waals surface area contributed by atoms with Crippen LogP contribution in [-0.4, -0.2) is 22.8 Å².